The Labute approximate surface area is 111 Å². The van der Waals surface area contributed by atoms with Gasteiger partial charge in [0.2, 0.25) is 5.91 Å². The SMILES string of the molecule is O=C(CC1CCCO1)Nc1cnc2ccccc2n1. The zero-order valence-corrected chi connectivity index (χ0v) is 10.5. The second-order valence-corrected chi connectivity index (χ2v) is 4.63. The van der Waals surface area contributed by atoms with Crippen molar-refractivity contribution in [2.45, 2.75) is 25.4 Å². The number of anilines is 1. The number of fused-ring (bicyclic) bond motifs is 1. The summed E-state index contributed by atoms with van der Waals surface area (Å²) in [5.41, 5.74) is 1.59. The number of benzene rings is 1. The summed E-state index contributed by atoms with van der Waals surface area (Å²) in [6.07, 6.45) is 4.00. The highest BCUT2D eigenvalue weighted by atomic mass is 16.5. The van der Waals surface area contributed by atoms with Crippen LogP contribution >= 0.6 is 0 Å². The fraction of sp³-hybridized carbons (Fsp3) is 0.357. The number of hydrogen-bond donors (Lipinski definition) is 1. The Morgan fingerprint density at radius 3 is 3.00 bits per heavy atom. The summed E-state index contributed by atoms with van der Waals surface area (Å²) < 4.78 is 5.43. The van der Waals surface area contributed by atoms with Crippen molar-refractivity contribution in [2.24, 2.45) is 0 Å². The Bertz CT molecular complexity index is 594. The van der Waals surface area contributed by atoms with E-state index >= 15 is 0 Å². The van der Waals surface area contributed by atoms with Gasteiger partial charge in [-0.1, -0.05) is 12.1 Å². The second-order valence-electron chi connectivity index (χ2n) is 4.63. The number of carbonyl (C=O) groups is 1. The van der Waals surface area contributed by atoms with Crippen LogP contribution in [0.4, 0.5) is 5.82 Å². The van der Waals surface area contributed by atoms with Crippen LogP contribution in [-0.4, -0.2) is 28.6 Å². The number of nitrogens with zero attached hydrogens (tertiary/aromatic N) is 2. The third kappa shape index (κ3) is 2.88. The van der Waals surface area contributed by atoms with Crippen molar-refractivity contribution >= 4 is 22.8 Å². The molecule has 98 valence electrons. The van der Waals surface area contributed by atoms with E-state index in [0.29, 0.717) is 12.2 Å². The number of hydrogen-bond acceptors (Lipinski definition) is 4. The van der Waals surface area contributed by atoms with E-state index in [-0.39, 0.29) is 12.0 Å². The van der Waals surface area contributed by atoms with Gasteiger partial charge in [-0.3, -0.25) is 9.78 Å². The molecule has 1 saturated heterocycles. The van der Waals surface area contributed by atoms with E-state index in [4.69, 9.17) is 4.74 Å². The summed E-state index contributed by atoms with van der Waals surface area (Å²) in [5, 5.41) is 2.77. The monoisotopic (exact) mass is 257 g/mol. The van der Waals surface area contributed by atoms with Crippen LogP contribution in [0.1, 0.15) is 19.3 Å². The van der Waals surface area contributed by atoms with Crippen LogP contribution in [0.2, 0.25) is 0 Å². The van der Waals surface area contributed by atoms with E-state index in [1.807, 2.05) is 24.3 Å². The average Bonchev–Trinajstić information content (AvgIpc) is 2.91. The number of para-hydroxylation sites is 2. The predicted octanol–water partition coefficient (Wildman–Crippen LogP) is 2.14. The molecule has 0 radical (unpaired) electrons. The molecule has 19 heavy (non-hydrogen) atoms. The molecular weight excluding hydrogens is 242 g/mol. The van der Waals surface area contributed by atoms with Gasteiger partial charge in [0.05, 0.1) is 29.8 Å². The highest BCUT2D eigenvalue weighted by Gasteiger charge is 2.19. The first-order valence-corrected chi connectivity index (χ1v) is 6.44. The number of rotatable bonds is 3. The van der Waals surface area contributed by atoms with Gasteiger partial charge in [0.15, 0.2) is 5.82 Å². The first-order chi connectivity index (χ1) is 9.31. The zero-order chi connectivity index (χ0) is 13.1. The van der Waals surface area contributed by atoms with Crippen molar-refractivity contribution in [3.63, 3.8) is 0 Å². The van der Waals surface area contributed by atoms with Crippen molar-refractivity contribution in [1.82, 2.24) is 9.97 Å². The molecule has 0 bridgehead atoms. The Balaban J connectivity index is 1.68. The third-order valence-electron chi connectivity index (χ3n) is 3.15. The van der Waals surface area contributed by atoms with Gasteiger partial charge < -0.3 is 10.1 Å². The molecule has 2 heterocycles. The van der Waals surface area contributed by atoms with Gasteiger partial charge in [0.25, 0.3) is 0 Å². The second kappa shape index (κ2) is 5.32. The maximum atomic E-state index is 11.8. The highest BCUT2D eigenvalue weighted by molar-refractivity contribution is 5.90. The lowest BCUT2D eigenvalue weighted by atomic mass is 10.2. The summed E-state index contributed by atoms with van der Waals surface area (Å²) in [6.45, 7) is 0.758. The third-order valence-corrected chi connectivity index (χ3v) is 3.15. The van der Waals surface area contributed by atoms with Gasteiger partial charge in [0.1, 0.15) is 0 Å². The summed E-state index contributed by atoms with van der Waals surface area (Å²) in [6, 6.07) is 7.57. The smallest absolute Gasteiger partial charge is 0.228 e. The molecule has 0 saturated carbocycles. The first kappa shape index (κ1) is 12.0. The fourth-order valence-electron chi connectivity index (χ4n) is 2.22. The lowest BCUT2D eigenvalue weighted by Crippen LogP contribution is -2.19. The molecule has 1 N–H and O–H groups in total. The van der Waals surface area contributed by atoms with Gasteiger partial charge in [-0.05, 0) is 25.0 Å². The largest absolute Gasteiger partial charge is 0.378 e. The molecule has 1 aliphatic rings. The fourth-order valence-corrected chi connectivity index (χ4v) is 2.22. The van der Waals surface area contributed by atoms with Crippen molar-refractivity contribution in [3.05, 3.63) is 30.5 Å². The molecule has 2 aromatic rings. The molecule has 1 aromatic heterocycles. The van der Waals surface area contributed by atoms with Gasteiger partial charge in [-0.25, -0.2) is 4.98 Å². The Morgan fingerprint density at radius 2 is 2.21 bits per heavy atom. The minimum Gasteiger partial charge on any atom is -0.378 e. The molecule has 0 spiro atoms. The molecule has 0 aliphatic carbocycles. The van der Waals surface area contributed by atoms with Gasteiger partial charge in [0, 0.05) is 6.61 Å². The van der Waals surface area contributed by atoms with Crippen LogP contribution in [0.15, 0.2) is 30.5 Å². The standard InChI is InChI=1S/C14H15N3O2/c18-14(8-10-4-3-7-19-10)17-13-9-15-11-5-1-2-6-12(11)16-13/h1-2,5-6,9-10H,3-4,7-8H2,(H,16,17,18). The van der Waals surface area contributed by atoms with Crippen LogP contribution in [0.25, 0.3) is 11.0 Å². The molecule has 3 rings (SSSR count). The van der Waals surface area contributed by atoms with E-state index in [2.05, 4.69) is 15.3 Å². The average molecular weight is 257 g/mol. The van der Waals surface area contributed by atoms with Crippen molar-refractivity contribution < 1.29 is 9.53 Å². The minimum absolute atomic E-state index is 0.0495. The molecule has 1 aromatic carbocycles. The normalized spacial score (nSPS) is 18.6. The van der Waals surface area contributed by atoms with E-state index in [1.165, 1.54) is 0 Å². The molecule has 1 amide bonds. The predicted molar refractivity (Wildman–Crippen MR) is 71.8 cm³/mol. The topological polar surface area (TPSA) is 64.1 Å². The molecule has 5 heteroatoms. The maximum Gasteiger partial charge on any atom is 0.228 e. The van der Waals surface area contributed by atoms with Crippen LogP contribution in [0.5, 0.6) is 0 Å². The van der Waals surface area contributed by atoms with E-state index < -0.39 is 0 Å². The number of aromatic nitrogens is 2. The molecular formula is C14H15N3O2. The summed E-state index contributed by atoms with van der Waals surface area (Å²) in [5.74, 6) is 0.415. The van der Waals surface area contributed by atoms with Gasteiger partial charge in [-0.15, -0.1) is 0 Å². The quantitative estimate of drug-likeness (QED) is 0.915. The number of nitrogens with one attached hydrogen (secondary N) is 1. The first-order valence-electron chi connectivity index (χ1n) is 6.44. The number of carbonyl (C=O) groups excluding carboxylic acids is 1. The van der Waals surface area contributed by atoms with Gasteiger partial charge >= 0.3 is 0 Å². The Morgan fingerprint density at radius 1 is 1.37 bits per heavy atom. The van der Waals surface area contributed by atoms with Crippen molar-refractivity contribution in [2.75, 3.05) is 11.9 Å². The zero-order valence-electron chi connectivity index (χ0n) is 10.5. The lowest BCUT2D eigenvalue weighted by Gasteiger charge is -2.09. The summed E-state index contributed by atoms with van der Waals surface area (Å²) in [4.78, 5) is 20.5. The number of ether oxygens (including phenoxy) is 1. The lowest BCUT2D eigenvalue weighted by molar-refractivity contribution is -0.118. The molecule has 1 fully saturated rings. The van der Waals surface area contributed by atoms with E-state index in [0.717, 1.165) is 30.5 Å². The van der Waals surface area contributed by atoms with E-state index in [9.17, 15) is 4.79 Å². The Hall–Kier alpha value is -2.01. The van der Waals surface area contributed by atoms with Crippen LogP contribution in [-0.2, 0) is 9.53 Å². The summed E-state index contributed by atoms with van der Waals surface area (Å²) in [7, 11) is 0. The van der Waals surface area contributed by atoms with Crippen LogP contribution in [0, 0.1) is 0 Å². The molecule has 1 aliphatic heterocycles. The molecule has 5 nitrogen and oxygen atoms in total. The molecule has 1 unspecified atom stereocenters. The molecule has 1 atom stereocenters. The van der Waals surface area contributed by atoms with Crippen LogP contribution in [0.3, 0.4) is 0 Å². The highest BCUT2D eigenvalue weighted by Crippen LogP contribution is 2.16. The summed E-state index contributed by atoms with van der Waals surface area (Å²) >= 11 is 0. The minimum atomic E-state index is -0.0727. The van der Waals surface area contributed by atoms with E-state index in [1.54, 1.807) is 6.20 Å². The number of amides is 1. The van der Waals surface area contributed by atoms with Crippen molar-refractivity contribution in [3.8, 4) is 0 Å². The maximum absolute atomic E-state index is 11.8. The van der Waals surface area contributed by atoms with Gasteiger partial charge in [-0.2, -0.15) is 0 Å². The van der Waals surface area contributed by atoms with Crippen molar-refractivity contribution in [1.29, 1.82) is 0 Å². The van der Waals surface area contributed by atoms with Crippen LogP contribution < -0.4 is 5.32 Å². The Kier molecular flexibility index (Phi) is 3.37.